The molecule has 0 fully saturated rings. The smallest absolute Gasteiger partial charge is 0.225 e. The molecular weight excluding hydrogens is 293 g/mol. The van der Waals surface area contributed by atoms with Crippen LogP contribution in [0.15, 0.2) is 42.5 Å². The van der Waals surface area contributed by atoms with E-state index < -0.39 is 11.8 Å². The summed E-state index contributed by atoms with van der Waals surface area (Å²) < 4.78 is 0. The van der Waals surface area contributed by atoms with Crippen molar-refractivity contribution in [3.05, 3.63) is 69.2 Å². The van der Waals surface area contributed by atoms with Gasteiger partial charge in [-0.05, 0) is 36.6 Å². The monoisotopic (exact) mass is 307 g/mol. The highest BCUT2D eigenvalue weighted by Crippen LogP contribution is 2.30. The van der Waals surface area contributed by atoms with Crippen LogP contribution in [0, 0.1) is 6.92 Å². The molecule has 0 aliphatic heterocycles. The van der Waals surface area contributed by atoms with E-state index in [9.17, 15) is 4.79 Å². The maximum absolute atomic E-state index is 11.7. The van der Waals surface area contributed by atoms with Gasteiger partial charge in [0, 0.05) is 10.0 Å². The summed E-state index contributed by atoms with van der Waals surface area (Å²) in [6.45, 7) is 2.02. The van der Waals surface area contributed by atoms with Crippen LogP contribution in [-0.2, 0) is 11.2 Å². The van der Waals surface area contributed by atoms with E-state index in [1.165, 1.54) is 5.56 Å². The molecule has 0 aliphatic carbocycles. The highest BCUT2D eigenvalue weighted by Gasteiger charge is 2.21. The number of hydrogen-bond donors (Lipinski definition) is 1. The van der Waals surface area contributed by atoms with Crippen molar-refractivity contribution in [3.8, 4) is 0 Å². The van der Waals surface area contributed by atoms with E-state index in [1.54, 1.807) is 18.2 Å². The molecule has 0 saturated carbocycles. The third-order valence-electron chi connectivity index (χ3n) is 3.24. The molecule has 104 valence electrons. The second-order valence-electron chi connectivity index (χ2n) is 4.81. The fraction of sp³-hybridized carbons (Fsp3) is 0.188. The molecule has 2 rings (SSSR count). The van der Waals surface area contributed by atoms with Crippen LogP contribution in [0.2, 0.25) is 10.0 Å². The molecule has 0 heterocycles. The van der Waals surface area contributed by atoms with Crippen molar-refractivity contribution in [3.63, 3.8) is 0 Å². The second kappa shape index (κ2) is 6.29. The lowest BCUT2D eigenvalue weighted by atomic mass is 9.91. The first-order chi connectivity index (χ1) is 9.47. The van der Waals surface area contributed by atoms with Gasteiger partial charge in [0.15, 0.2) is 0 Å². The maximum atomic E-state index is 11.7. The van der Waals surface area contributed by atoms with Crippen LogP contribution in [0.3, 0.4) is 0 Å². The van der Waals surface area contributed by atoms with Gasteiger partial charge < -0.3 is 5.73 Å². The summed E-state index contributed by atoms with van der Waals surface area (Å²) in [5, 5.41) is 1.01. The van der Waals surface area contributed by atoms with Crippen molar-refractivity contribution in [2.45, 2.75) is 19.3 Å². The predicted octanol–water partition coefficient (Wildman–Crippen LogP) is 4.11. The van der Waals surface area contributed by atoms with Crippen molar-refractivity contribution < 1.29 is 4.79 Å². The minimum Gasteiger partial charge on any atom is -0.369 e. The van der Waals surface area contributed by atoms with Crippen LogP contribution in [0.4, 0.5) is 0 Å². The number of benzene rings is 2. The SMILES string of the molecule is Cc1ccc(CC(C(N)=O)c2ccc(Cl)cc2Cl)cc1. The lowest BCUT2D eigenvalue weighted by Crippen LogP contribution is -2.23. The molecule has 1 amide bonds. The third-order valence-corrected chi connectivity index (χ3v) is 3.80. The normalized spacial score (nSPS) is 12.2. The maximum Gasteiger partial charge on any atom is 0.225 e. The zero-order chi connectivity index (χ0) is 14.7. The number of aryl methyl sites for hydroxylation is 1. The van der Waals surface area contributed by atoms with Crippen LogP contribution in [0.25, 0.3) is 0 Å². The third kappa shape index (κ3) is 3.53. The number of nitrogens with two attached hydrogens (primary N) is 1. The van der Waals surface area contributed by atoms with Crippen molar-refractivity contribution in [2.24, 2.45) is 5.73 Å². The lowest BCUT2D eigenvalue weighted by Gasteiger charge is -2.16. The summed E-state index contributed by atoms with van der Waals surface area (Å²) in [5.41, 5.74) is 8.46. The molecule has 1 atom stereocenters. The van der Waals surface area contributed by atoms with Crippen molar-refractivity contribution in [2.75, 3.05) is 0 Å². The molecule has 1 unspecified atom stereocenters. The van der Waals surface area contributed by atoms with Crippen molar-refractivity contribution in [1.82, 2.24) is 0 Å². The van der Waals surface area contributed by atoms with Crippen LogP contribution in [0.1, 0.15) is 22.6 Å². The summed E-state index contributed by atoms with van der Waals surface area (Å²) in [5.74, 6) is -0.850. The topological polar surface area (TPSA) is 43.1 Å². The van der Waals surface area contributed by atoms with Crippen LogP contribution in [0.5, 0.6) is 0 Å². The zero-order valence-electron chi connectivity index (χ0n) is 11.1. The van der Waals surface area contributed by atoms with Gasteiger partial charge in [0.05, 0.1) is 5.92 Å². The Labute approximate surface area is 128 Å². The van der Waals surface area contributed by atoms with E-state index in [-0.39, 0.29) is 0 Å². The average Bonchev–Trinajstić information content (AvgIpc) is 2.39. The summed E-state index contributed by atoms with van der Waals surface area (Å²) in [7, 11) is 0. The first kappa shape index (κ1) is 14.9. The highest BCUT2D eigenvalue weighted by atomic mass is 35.5. The quantitative estimate of drug-likeness (QED) is 0.907. The van der Waals surface area contributed by atoms with Gasteiger partial charge in [-0.25, -0.2) is 0 Å². The molecule has 2 N–H and O–H groups in total. The van der Waals surface area contributed by atoms with Gasteiger partial charge in [0.1, 0.15) is 0 Å². The van der Waals surface area contributed by atoms with E-state index in [2.05, 4.69) is 0 Å². The Morgan fingerprint density at radius 3 is 2.35 bits per heavy atom. The molecule has 0 saturated heterocycles. The van der Waals surface area contributed by atoms with E-state index in [1.807, 2.05) is 31.2 Å². The summed E-state index contributed by atoms with van der Waals surface area (Å²) in [6, 6.07) is 13.1. The first-order valence-electron chi connectivity index (χ1n) is 6.27. The fourth-order valence-electron chi connectivity index (χ4n) is 2.11. The fourth-order valence-corrected chi connectivity index (χ4v) is 2.65. The van der Waals surface area contributed by atoms with Gasteiger partial charge in [-0.15, -0.1) is 0 Å². The number of amides is 1. The second-order valence-corrected chi connectivity index (χ2v) is 5.65. The number of carbonyl (C=O) groups is 1. The molecule has 0 aromatic heterocycles. The lowest BCUT2D eigenvalue weighted by molar-refractivity contribution is -0.119. The first-order valence-corrected chi connectivity index (χ1v) is 7.03. The van der Waals surface area contributed by atoms with Crippen molar-refractivity contribution >= 4 is 29.1 Å². The highest BCUT2D eigenvalue weighted by molar-refractivity contribution is 6.35. The standard InChI is InChI=1S/C16H15Cl2NO/c1-10-2-4-11(5-3-10)8-14(16(19)20)13-7-6-12(17)9-15(13)18/h2-7,9,14H,8H2,1H3,(H2,19,20). The Hall–Kier alpha value is -1.51. The number of halogens is 2. The molecule has 4 heteroatoms. The predicted molar refractivity (Wildman–Crippen MR) is 83.3 cm³/mol. The van der Waals surface area contributed by atoms with Gasteiger partial charge in [-0.1, -0.05) is 59.1 Å². The van der Waals surface area contributed by atoms with Gasteiger partial charge >= 0.3 is 0 Å². The molecule has 0 spiro atoms. The van der Waals surface area contributed by atoms with Gasteiger partial charge in [0.25, 0.3) is 0 Å². The van der Waals surface area contributed by atoms with Gasteiger partial charge in [0.2, 0.25) is 5.91 Å². The van der Waals surface area contributed by atoms with E-state index in [4.69, 9.17) is 28.9 Å². The Kier molecular flexibility index (Phi) is 4.69. The van der Waals surface area contributed by atoms with Gasteiger partial charge in [-0.3, -0.25) is 4.79 Å². The Morgan fingerprint density at radius 2 is 1.80 bits per heavy atom. The molecule has 0 aliphatic rings. The molecule has 20 heavy (non-hydrogen) atoms. The molecular formula is C16H15Cl2NO. The average molecular weight is 308 g/mol. The Balaban J connectivity index is 2.31. The minimum atomic E-state index is -0.456. The largest absolute Gasteiger partial charge is 0.369 e. The van der Waals surface area contributed by atoms with Crippen LogP contribution < -0.4 is 5.73 Å². The molecule has 0 radical (unpaired) electrons. The molecule has 2 aromatic carbocycles. The molecule has 0 bridgehead atoms. The summed E-state index contributed by atoms with van der Waals surface area (Å²) in [6.07, 6.45) is 0.525. The van der Waals surface area contributed by atoms with Crippen molar-refractivity contribution in [1.29, 1.82) is 0 Å². The zero-order valence-corrected chi connectivity index (χ0v) is 12.6. The number of hydrogen-bond acceptors (Lipinski definition) is 1. The van der Waals surface area contributed by atoms with E-state index >= 15 is 0 Å². The molecule has 2 nitrogen and oxygen atoms in total. The van der Waals surface area contributed by atoms with E-state index in [0.717, 1.165) is 5.56 Å². The number of primary amides is 1. The number of carbonyl (C=O) groups excluding carboxylic acids is 1. The Morgan fingerprint density at radius 1 is 1.15 bits per heavy atom. The molecule has 2 aromatic rings. The Bertz CT molecular complexity index is 623. The van der Waals surface area contributed by atoms with E-state index in [0.29, 0.717) is 22.0 Å². The summed E-state index contributed by atoms with van der Waals surface area (Å²) in [4.78, 5) is 11.7. The van der Waals surface area contributed by atoms with Crippen LogP contribution in [-0.4, -0.2) is 5.91 Å². The van der Waals surface area contributed by atoms with Gasteiger partial charge in [-0.2, -0.15) is 0 Å². The van der Waals surface area contributed by atoms with Crippen LogP contribution >= 0.6 is 23.2 Å². The number of rotatable bonds is 4. The minimum absolute atomic E-state index is 0.394. The summed E-state index contributed by atoms with van der Waals surface area (Å²) >= 11 is 12.0.